The normalized spacial score (nSPS) is 10.2. The molecule has 0 radical (unpaired) electrons. The summed E-state index contributed by atoms with van der Waals surface area (Å²) in [4.78, 5) is 35.3. The lowest BCUT2D eigenvalue weighted by Gasteiger charge is -2.08. The van der Waals surface area contributed by atoms with Crippen molar-refractivity contribution in [3.8, 4) is 5.75 Å². The van der Waals surface area contributed by atoms with Crippen LogP contribution < -0.4 is 10.4 Å². The molecule has 6 heteroatoms. The van der Waals surface area contributed by atoms with Gasteiger partial charge in [-0.3, -0.25) is 4.79 Å². The Kier molecular flexibility index (Phi) is 4.95. The van der Waals surface area contributed by atoms with Gasteiger partial charge in [0.25, 0.3) is 0 Å². The first-order valence-corrected chi connectivity index (χ1v) is 6.88. The lowest BCUT2D eigenvalue weighted by atomic mass is 10.1. The Hall–Kier alpha value is -2.89. The van der Waals surface area contributed by atoms with Crippen molar-refractivity contribution in [3.05, 3.63) is 63.2 Å². The highest BCUT2D eigenvalue weighted by Crippen LogP contribution is 2.14. The van der Waals surface area contributed by atoms with Crippen LogP contribution in [0.15, 0.2) is 39.5 Å². The molecule has 120 valence electrons. The second-order valence-electron chi connectivity index (χ2n) is 4.91. The number of benzene rings is 1. The zero-order chi connectivity index (χ0) is 17.0. The number of hydrogen-bond donors (Lipinski definition) is 0. The number of rotatable bonds is 5. The molecule has 0 amide bonds. The molecule has 1 aromatic carbocycles. The molecule has 0 aliphatic heterocycles. The summed E-state index contributed by atoms with van der Waals surface area (Å²) >= 11 is 0. The van der Waals surface area contributed by atoms with Crippen molar-refractivity contribution in [2.24, 2.45) is 0 Å². The molecule has 23 heavy (non-hydrogen) atoms. The fourth-order valence-corrected chi connectivity index (χ4v) is 2.13. The van der Waals surface area contributed by atoms with E-state index in [1.54, 1.807) is 31.2 Å². The van der Waals surface area contributed by atoms with Crippen LogP contribution in [0.25, 0.3) is 0 Å². The highest BCUT2D eigenvalue weighted by Gasteiger charge is 2.18. The molecule has 6 nitrogen and oxygen atoms in total. The van der Waals surface area contributed by atoms with Gasteiger partial charge in [0.15, 0.2) is 12.4 Å². The molecule has 0 fully saturated rings. The number of methoxy groups -OCH3 is 1. The average Bonchev–Trinajstić information content (AvgIpc) is 2.51. The molecule has 1 heterocycles. The molecule has 0 atom stereocenters. The largest absolute Gasteiger partial charge is 0.497 e. The van der Waals surface area contributed by atoms with Crippen LogP contribution in [0, 0.1) is 13.8 Å². The summed E-state index contributed by atoms with van der Waals surface area (Å²) in [5, 5.41) is 0. The minimum Gasteiger partial charge on any atom is -0.497 e. The number of ether oxygens (including phenoxy) is 2. The summed E-state index contributed by atoms with van der Waals surface area (Å²) < 4.78 is 14.9. The van der Waals surface area contributed by atoms with Gasteiger partial charge in [-0.15, -0.1) is 0 Å². The molecule has 0 aliphatic rings. The lowest BCUT2D eigenvalue weighted by Crippen LogP contribution is -2.17. The van der Waals surface area contributed by atoms with Gasteiger partial charge >= 0.3 is 11.6 Å². The van der Waals surface area contributed by atoms with Crippen molar-refractivity contribution >= 4 is 11.8 Å². The van der Waals surface area contributed by atoms with E-state index < -0.39 is 18.2 Å². The van der Waals surface area contributed by atoms with E-state index in [9.17, 15) is 14.4 Å². The van der Waals surface area contributed by atoms with Gasteiger partial charge in [0.2, 0.25) is 0 Å². The van der Waals surface area contributed by atoms with Crippen LogP contribution in [0.4, 0.5) is 0 Å². The first-order chi connectivity index (χ1) is 10.9. The van der Waals surface area contributed by atoms with Crippen LogP contribution >= 0.6 is 0 Å². The molecular weight excluding hydrogens is 300 g/mol. The summed E-state index contributed by atoms with van der Waals surface area (Å²) in [7, 11) is 1.53. The van der Waals surface area contributed by atoms with E-state index in [0.717, 1.165) is 0 Å². The Balaban J connectivity index is 2.06. The van der Waals surface area contributed by atoms with E-state index in [0.29, 0.717) is 16.9 Å². The highest BCUT2D eigenvalue weighted by atomic mass is 16.5. The first-order valence-electron chi connectivity index (χ1n) is 6.88. The fraction of sp³-hybridized carbons (Fsp3) is 0.235. The van der Waals surface area contributed by atoms with Crippen LogP contribution in [0.2, 0.25) is 0 Å². The van der Waals surface area contributed by atoms with Gasteiger partial charge in [-0.1, -0.05) is 0 Å². The molecule has 0 spiro atoms. The van der Waals surface area contributed by atoms with Gasteiger partial charge in [-0.05, 0) is 43.7 Å². The Morgan fingerprint density at radius 2 is 1.78 bits per heavy atom. The van der Waals surface area contributed by atoms with E-state index in [4.69, 9.17) is 13.9 Å². The molecule has 0 saturated carbocycles. The summed E-state index contributed by atoms with van der Waals surface area (Å²) in [6.07, 6.45) is 0. The van der Waals surface area contributed by atoms with Crippen molar-refractivity contribution in [2.75, 3.05) is 13.7 Å². The predicted molar refractivity (Wildman–Crippen MR) is 82.1 cm³/mol. The van der Waals surface area contributed by atoms with Gasteiger partial charge < -0.3 is 13.9 Å². The maximum absolute atomic E-state index is 12.1. The monoisotopic (exact) mass is 316 g/mol. The highest BCUT2D eigenvalue weighted by molar-refractivity contribution is 5.99. The zero-order valence-corrected chi connectivity index (χ0v) is 13.0. The summed E-state index contributed by atoms with van der Waals surface area (Å²) in [6, 6.07) is 7.68. The Morgan fingerprint density at radius 3 is 2.35 bits per heavy atom. The molecular formula is C17H16O6. The van der Waals surface area contributed by atoms with Crippen LogP contribution in [0.1, 0.15) is 32.0 Å². The van der Waals surface area contributed by atoms with Crippen LogP contribution in [-0.4, -0.2) is 25.5 Å². The summed E-state index contributed by atoms with van der Waals surface area (Å²) in [5.41, 5.74) is 0.477. The maximum Gasteiger partial charge on any atom is 0.342 e. The zero-order valence-electron chi connectivity index (χ0n) is 13.0. The third-order valence-electron chi connectivity index (χ3n) is 3.28. The topological polar surface area (TPSA) is 82.8 Å². The lowest BCUT2D eigenvalue weighted by molar-refractivity contribution is 0.0470. The number of esters is 1. The van der Waals surface area contributed by atoms with Gasteiger partial charge in [-0.25, -0.2) is 9.59 Å². The van der Waals surface area contributed by atoms with Crippen LogP contribution in [0.3, 0.4) is 0 Å². The molecule has 0 saturated heterocycles. The van der Waals surface area contributed by atoms with E-state index in [-0.39, 0.29) is 17.1 Å². The number of aryl methyl sites for hydroxylation is 2. The molecule has 0 bridgehead atoms. The van der Waals surface area contributed by atoms with Gasteiger partial charge in [0.1, 0.15) is 17.1 Å². The summed E-state index contributed by atoms with van der Waals surface area (Å²) in [5.74, 6) is -0.250. The van der Waals surface area contributed by atoms with Crippen molar-refractivity contribution in [3.63, 3.8) is 0 Å². The number of carbonyl (C=O) groups excluding carboxylic acids is 2. The van der Waals surface area contributed by atoms with Gasteiger partial charge in [0.05, 0.1) is 7.11 Å². The summed E-state index contributed by atoms with van der Waals surface area (Å²) in [6.45, 7) is 2.70. The fourth-order valence-electron chi connectivity index (χ4n) is 2.13. The van der Waals surface area contributed by atoms with Crippen molar-refractivity contribution < 1.29 is 23.5 Å². The van der Waals surface area contributed by atoms with Crippen molar-refractivity contribution in [2.45, 2.75) is 13.8 Å². The molecule has 0 N–H and O–H groups in total. The van der Waals surface area contributed by atoms with E-state index in [1.165, 1.54) is 20.1 Å². The Bertz CT molecular complexity index is 759. The minimum absolute atomic E-state index is 0.159. The molecule has 2 rings (SSSR count). The Morgan fingerprint density at radius 1 is 1.13 bits per heavy atom. The van der Waals surface area contributed by atoms with Gasteiger partial charge in [0, 0.05) is 11.6 Å². The molecule has 0 aliphatic carbocycles. The number of hydrogen-bond acceptors (Lipinski definition) is 6. The third kappa shape index (κ3) is 3.85. The molecule has 2 aromatic rings. The maximum atomic E-state index is 12.1. The number of ketones is 1. The van der Waals surface area contributed by atoms with E-state index in [1.807, 2.05) is 0 Å². The van der Waals surface area contributed by atoms with E-state index in [2.05, 4.69) is 0 Å². The second kappa shape index (κ2) is 6.91. The second-order valence-corrected chi connectivity index (χ2v) is 4.91. The molecule has 0 unspecified atom stereocenters. The third-order valence-corrected chi connectivity index (χ3v) is 3.28. The quantitative estimate of drug-likeness (QED) is 0.622. The predicted octanol–water partition coefficient (Wildman–Crippen LogP) is 2.30. The SMILES string of the molecule is COc1ccc(C(=O)COC(=O)c2c(C)cc(=O)oc2C)cc1. The Labute approximate surface area is 132 Å². The smallest absolute Gasteiger partial charge is 0.342 e. The standard InChI is InChI=1S/C17H16O6/c1-10-8-15(19)23-11(2)16(10)17(20)22-9-14(18)12-4-6-13(21-3)7-5-12/h4-8H,9H2,1-3H3. The number of carbonyl (C=O) groups is 2. The molecule has 1 aromatic heterocycles. The van der Waals surface area contributed by atoms with Crippen molar-refractivity contribution in [1.82, 2.24) is 0 Å². The van der Waals surface area contributed by atoms with E-state index >= 15 is 0 Å². The van der Waals surface area contributed by atoms with Crippen LogP contribution in [-0.2, 0) is 4.74 Å². The van der Waals surface area contributed by atoms with Gasteiger partial charge in [-0.2, -0.15) is 0 Å². The minimum atomic E-state index is -0.703. The van der Waals surface area contributed by atoms with Crippen molar-refractivity contribution in [1.29, 1.82) is 0 Å². The number of Topliss-reactive ketones (excluding diaryl/α,β-unsaturated/α-hetero) is 1. The first kappa shape index (κ1) is 16.5. The van der Waals surface area contributed by atoms with Crippen LogP contribution in [0.5, 0.6) is 5.75 Å². The average molecular weight is 316 g/mol.